The minimum absolute atomic E-state index is 0.187. The molecule has 1 aromatic heterocycles. The number of hydrogen-bond acceptors (Lipinski definition) is 4. The molecule has 0 aliphatic rings. The van der Waals surface area contributed by atoms with Gasteiger partial charge in [-0.15, -0.1) is 0 Å². The highest BCUT2D eigenvalue weighted by Crippen LogP contribution is 2.23. The molecule has 7 heteroatoms. The Bertz CT molecular complexity index is 748. The number of nitrogens with zero attached hydrogens (tertiary/aromatic N) is 1. The molecule has 0 saturated heterocycles. The molecular formula is C14H16FN3O2S. The summed E-state index contributed by atoms with van der Waals surface area (Å²) in [7, 11) is -4.01. The number of halogens is 1. The van der Waals surface area contributed by atoms with E-state index in [1.54, 1.807) is 31.5 Å². The van der Waals surface area contributed by atoms with Crippen LogP contribution in [0.1, 0.15) is 24.1 Å². The fourth-order valence-electron chi connectivity index (χ4n) is 1.98. The van der Waals surface area contributed by atoms with Crippen molar-refractivity contribution in [2.45, 2.75) is 24.8 Å². The van der Waals surface area contributed by atoms with Crippen LogP contribution in [-0.2, 0) is 10.0 Å². The Balaban J connectivity index is 2.35. The lowest BCUT2D eigenvalue weighted by atomic mass is 10.1. The molecule has 0 bridgehead atoms. The van der Waals surface area contributed by atoms with Gasteiger partial charge in [-0.25, -0.2) is 17.5 Å². The largest absolute Gasteiger partial charge is 0.399 e. The lowest BCUT2D eigenvalue weighted by Crippen LogP contribution is -2.28. The van der Waals surface area contributed by atoms with Crippen LogP contribution in [0.25, 0.3) is 0 Å². The normalized spacial score (nSPS) is 13.1. The molecule has 1 heterocycles. The van der Waals surface area contributed by atoms with Gasteiger partial charge in [-0.05, 0) is 49.2 Å². The number of nitrogen functional groups attached to an aromatic ring is 1. The Kier molecular flexibility index (Phi) is 4.24. The van der Waals surface area contributed by atoms with E-state index in [9.17, 15) is 12.8 Å². The third kappa shape index (κ3) is 3.37. The standard InChI is InChI=1S/C14H16FN3O2S/c1-9-7-12(16)8-13(14(9)15)21(19,20)18-10(2)11-3-5-17-6-4-11/h3-8,10,18H,16H2,1-2H3. The third-order valence-corrected chi connectivity index (χ3v) is 4.61. The first-order valence-electron chi connectivity index (χ1n) is 6.29. The van der Waals surface area contributed by atoms with Crippen LogP contribution in [0, 0.1) is 12.7 Å². The first kappa shape index (κ1) is 15.4. The first-order valence-corrected chi connectivity index (χ1v) is 7.77. The Hall–Kier alpha value is -1.99. The summed E-state index contributed by atoms with van der Waals surface area (Å²) >= 11 is 0. The average molecular weight is 309 g/mol. The van der Waals surface area contributed by atoms with E-state index in [-0.39, 0.29) is 11.3 Å². The molecule has 0 spiro atoms. The maximum absolute atomic E-state index is 14.0. The number of aryl methyl sites for hydroxylation is 1. The molecule has 1 unspecified atom stereocenters. The van der Waals surface area contributed by atoms with E-state index >= 15 is 0 Å². The molecular weight excluding hydrogens is 293 g/mol. The average Bonchev–Trinajstić information content (AvgIpc) is 2.43. The van der Waals surface area contributed by atoms with Crippen LogP contribution >= 0.6 is 0 Å². The Morgan fingerprint density at radius 2 is 1.90 bits per heavy atom. The van der Waals surface area contributed by atoms with Crippen molar-refractivity contribution in [3.05, 3.63) is 53.6 Å². The fourth-order valence-corrected chi connectivity index (χ4v) is 3.39. The van der Waals surface area contributed by atoms with Crippen molar-refractivity contribution in [3.8, 4) is 0 Å². The Morgan fingerprint density at radius 1 is 1.29 bits per heavy atom. The van der Waals surface area contributed by atoms with Crippen LogP contribution in [-0.4, -0.2) is 13.4 Å². The van der Waals surface area contributed by atoms with Crippen LogP contribution < -0.4 is 10.5 Å². The van der Waals surface area contributed by atoms with Gasteiger partial charge in [0.25, 0.3) is 0 Å². The molecule has 1 aromatic carbocycles. The van der Waals surface area contributed by atoms with E-state index in [1.165, 1.54) is 13.0 Å². The predicted molar refractivity (Wildman–Crippen MR) is 78.5 cm³/mol. The second kappa shape index (κ2) is 5.79. The van der Waals surface area contributed by atoms with Gasteiger partial charge in [-0.2, -0.15) is 0 Å². The third-order valence-electron chi connectivity index (χ3n) is 3.07. The number of anilines is 1. The van der Waals surface area contributed by atoms with Gasteiger partial charge in [0, 0.05) is 24.1 Å². The van der Waals surface area contributed by atoms with Crippen LogP contribution in [0.15, 0.2) is 41.6 Å². The number of hydrogen-bond donors (Lipinski definition) is 2. The van der Waals surface area contributed by atoms with E-state index in [4.69, 9.17) is 5.73 Å². The number of sulfonamides is 1. The van der Waals surface area contributed by atoms with Crippen LogP contribution in [0.5, 0.6) is 0 Å². The van der Waals surface area contributed by atoms with E-state index in [0.717, 1.165) is 11.6 Å². The van der Waals surface area contributed by atoms with Crippen LogP contribution in [0.3, 0.4) is 0 Å². The SMILES string of the molecule is Cc1cc(N)cc(S(=O)(=O)NC(C)c2ccncc2)c1F. The van der Waals surface area contributed by atoms with Crippen LogP contribution in [0.4, 0.5) is 10.1 Å². The predicted octanol–water partition coefficient (Wildman–Crippen LogP) is 2.15. The second-order valence-corrected chi connectivity index (χ2v) is 6.46. The van der Waals surface area contributed by atoms with Crippen molar-refractivity contribution >= 4 is 15.7 Å². The van der Waals surface area contributed by atoms with Gasteiger partial charge >= 0.3 is 0 Å². The summed E-state index contributed by atoms with van der Waals surface area (Å²) in [5.74, 6) is -0.793. The molecule has 0 aliphatic heterocycles. The second-order valence-electron chi connectivity index (χ2n) is 4.77. The molecule has 0 saturated carbocycles. The lowest BCUT2D eigenvalue weighted by Gasteiger charge is -2.15. The molecule has 2 rings (SSSR count). The minimum atomic E-state index is -4.01. The number of nitrogens with one attached hydrogen (secondary N) is 1. The maximum Gasteiger partial charge on any atom is 0.244 e. The van der Waals surface area contributed by atoms with Gasteiger partial charge in [0.1, 0.15) is 10.7 Å². The van der Waals surface area contributed by atoms with Gasteiger partial charge in [0.05, 0.1) is 0 Å². The van der Waals surface area contributed by atoms with E-state index < -0.39 is 26.8 Å². The summed E-state index contributed by atoms with van der Waals surface area (Å²) in [4.78, 5) is 3.42. The molecule has 0 aliphatic carbocycles. The smallest absolute Gasteiger partial charge is 0.244 e. The molecule has 0 radical (unpaired) electrons. The zero-order valence-corrected chi connectivity index (χ0v) is 12.5. The number of benzene rings is 1. The van der Waals surface area contributed by atoms with E-state index in [2.05, 4.69) is 9.71 Å². The van der Waals surface area contributed by atoms with E-state index in [0.29, 0.717) is 0 Å². The summed E-state index contributed by atoms with van der Waals surface area (Å²) in [5.41, 5.74) is 6.72. The van der Waals surface area contributed by atoms with Crippen molar-refractivity contribution in [2.75, 3.05) is 5.73 Å². The highest BCUT2D eigenvalue weighted by Gasteiger charge is 2.23. The summed E-state index contributed by atoms with van der Waals surface area (Å²) in [6.45, 7) is 3.14. The summed E-state index contributed by atoms with van der Waals surface area (Å²) in [6.07, 6.45) is 3.12. The van der Waals surface area contributed by atoms with Gasteiger partial charge in [0.2, 0.25) is 10.0 Å². The van der Waals surface area contributed by atoms with Gasteiger partial charge in [-0.1, -0.05) is 0 Å². The van der Waals surface area contributed by atoms with Crippen molar-refractivity contribution in [1.82, 2.24) is 9.71 Å². The molecule has 2 aromatic rings. The highest BCUT2D eigenvalue weighted by molar-refractivity contribution is 7.89. The number of nitrogens with two attached hydrogens (primary N) is 1. The molecule has 0 fully saturated rings. The van der Waals surface area contributed by atoms with Crippen molar-refractivity contribution in [3.63, 3.8) is 0 Å². The first-order chi connectivity index (χ1) is 9.81. The molecule has 112 valence electrons. The monoisotopic (exact) mass is 309 g/mol. The van der Waals surface area contributed by atoms with Crippen LogP contribution in [0.2, 0.25) is 0 Å². The van der Waals surface area contributed by atoms with Gasteiger partial charge in [-0.3, -0.25) is 4.98 Å². The molecule has 5 nitrogen and oxygen atoms in total. The number of rotatable bonds is 4. The number of pyridine rings is 1. The van der Waals surface area contributed by atoms with Crippen molar-refractivity contribution < 1.29 is 12.8 Å². The fraction of sp³-hybridized carbons (Fsp3) is 0.214. The minimum Gasteiger partial charge on any atom is -0.399 e. The summed E-state index contributed by atoms with van der Waals surface area (Å²) in [5, 5.41) is 0. The maximum atomic E-state index is 14.0. The van der Waals surface area contributed by atoms with Crippen molar-refractivity contribution in [2.24, 2.45) is 0 Å². The van der Waals surface area contributed by atoms with Gasteiger partial charge < -0.3 is 5.73 Å². The lowest BCUT2D eigenvalue weighted by molar-refractivity contribution is 0.544. The number of aromatic nitrogens is 1. The molecule has 21 heavy (non-hydrogen) atoms. The quantitative estimate of drug-likeness (QED) is 0.847. The topological polar surface area (TPSA) is 85.1 Å². The Labute approximate surface area is 123 Å². The van der Waals surface area contributed by atoms with Gasteiger partial charge in [0.15, 0.2) is 0 Å². The van der Waals surface area contributed by atoms with E-state index in [1.807, 2.05) is 0 Å². The highest BCUT2D eigenvalue weighted by atomic mass is 32.2. The molecule has 1 atom stereocenters. The molecule has 0 amide bonds. The zero-order chi connectivity index (χ0) is 15.6. The van der Waals surface area contributed by atoms with Crippen molar-refractivity contribution in [1.29, 1.82) is 0 Å². The molecule has 3 N–H and O–H groups in total. The zero-order valence-electron chi connectivity index (χ0n) is 11.7. The summed E-state index contributed by atoms with van der Waals surface area (Å²) < 4.78 is 41.1. The Morgan fingerprint density at radius 3 is 2.52 bits per heavy atom. The summed E-state index contributed by atoms with van der Waals surface area (Å²) in [6, 6.07) is 5.37.